The summed E-state index contributed by atoms with van der Waals surface area (Å²) in [5.74, 6) is 0.00243. The molecule has 1 amide bonds. The molecule has 1 rings (SSSR count). The quantitative estimate of drug-likeness (QED) is 0.784. The standard InChI is InChI=1S/C11H21N3OS/c1-4-5-12-10(15)7-13-11-14-8(2)6-9(3)16-11/h8-9H,4-7H2,1-3H3,(H,12,15)(H,13,14). The summed E-state index contributed by atoms with van der Waals surface area (Å²) in [6.45, 7) is 7.33. The summed E-state index contributed by atoms with van der Waals surface area (Å²) in [5.41, 5.74) is 0. The van der Waals surface area contributed by atoms with E-state index in [1.54, 1.807) is 11.8 Å². The summed E-state index contributed by atoms with van der Waals surface area (Å²) < 4.78 is 0. The second-order valence-corrected chi connectivity index (χ2v) is 5.61. The molecule has 0 aromatic carbocycles. The molecule has 0 aliphatic carbocycles. The van der Waals surface area contributed by atoms with Crippen molar-refractivity contribution >= 4 is 22.8 Å². The number of aliphatic imine (C=N–C) groups is 1. The zero-order valence-corrected chi connectivity index (χ0v) is 11.1. The summed E-state index contributed by atoms with van der Waals surface area (Å²) in [7, 11) is 0. The van der Waals surface area contributed by atoms with Crippen molar-refractivity contribution in [1.82, 2.24) is 10.6 Å². The van der Waals surface area contributed by atoms with Crippen LogP contribution in [-0.2, 0) is 4.79 Å². The average Bonchev–Trinajstić information content (AvgIpc) is 2.22. The van der Waals surface area contributed by atoms with E-state index in [1.807, 2.05) is 6.92 Å². The van der Waals surface area contributed by atoms with Crippen molar-refractivity contribution in [2.75, 3.05) is 13.1 Å². The van der Waals surface area contributed by atoms with E-state index in [1.165, 1.54) is 0 Å². The molecule has 0 radical (unpaired) electrons. The lowest BCUT2D eigenvalue weighted by Gasteiger charge is -2.26. The van der Waals surface area contributed by atoms with Gasteiger partial charge in [0.05, 0.1) is 0 Å². The van der Waals surface area contributed by atoms with E-state index < -0.39 is 0 Å². The lowest BCUT2D eigenvalue weighted by atomic mass is 10.2. The van der Waals surface area contributed by atoms with E-state index in [-0.39, 0.29) is 12.5 Å². The Morgan fingerprint density at radius 1 is 1.62 bits per heavy atom. The smallest absolute Gasteiger partial charge is 0.241 e. The maximum atomic E-state index is 11.4. The molecule has 0 saturated carbocycles. The van der Waals surface area contributed by atoms with E-state index in [9.17, 15) is 4.79 Å². The van der Waals surface area contributed by atoms with E-state index in [4.69, 9.17) is 0 Å². The minimum Gasteiger partial charge on any atom is -0.362 e. The van der Waals surface area contributed by atoms with Crippen LogP contribution < -0.4 is 10.6 Å². The Labute approximate surface area is 102 Å². The molecule has 5 heteroatoms. The lowest BCUT2D eigenvalue weighted by Crippen LogP contribution is -2.39. The highest BCUT2D eigenvalue weighted by atomic mass is 32.2. The highest BCUT2D eigenvalue weighted by Gasteiger charge is 2.19. The number of rotatable bonds is 4. The van der Waals surface area contributed by atoms with Crippen molar-refractivity contribution in [3.05, 3.63) is 0 Å². The third-order valence-corrected chi connectivity index (χ3v) is 3.37. The molecule has 4 nitrogen and oxygen atoms in total. The van der Waals surface area contributed by atoms with Gasteiger partial charge in [-0.3, -0.25) is 9.79 Å². The van der Waals surface area contributed by atoms with Gasteiger partial charge in [0.2, 0.25) is 5.91 Å². The molecule has 0 bridgehead atoms. The van der Waals surface area contributed by atoms with E-state index in [0.717, 1.165) is 24.6 Å². The van der Waals surface area contributed by atoms with Gasteiger partial charge in [-0.2, -0.15) is 0 Å². The van der Waals surface area contributed by atoms with Crippen molar-refractivity contribution in [1.29, 1.82) is 0 Å². The molecular weight excluding hydrogens is 222 g/mol. The van der Waals surface area contributed by atoms with Crippen LogP contribution in [0.25, 0.3) is 0 Å². The number of nitrogens with one attached hydrogen (secondary N) is 2. The normalized spacial score (nSPS) is 27.6. The Morgan fingerprint density at radius 2 is 2.38 bits per heavy atom. The van der Waals surface area contributed by atoms with Crippen LogP contribution in [0, 0.1) is 0 Å². The van der Waals surface area contributed by atoms with Gasteiger partial charge in [-0.05, 0) is 19.8 Å². The Balaban J connectivity index is 2.35. The van der Waals surface area contributed by atoms with Crippen LogP contribution in [0.1, 0.15) is 33.6 Å². The largest absolute Gasteiger partial charge is 0.362 e. The molecule has 2 atom stereocenters. The second kappa shape index (κ2) is 6.78. The third kappa shape index (κ3) is 4.88. The van der Waals surface area contributed by atoms with Crippen LogP contribution in [0.2, 0.25) is 0 Å². The van der Waals surface area contributed by atoms with E-state index >= 15 is 0 Å². The summed E-state index contributed by atoms with van der Waals surface area (Å²) in [5, 5.41) is 7.58. The zero-order valence-electron chi connectivity index (χ0n) is 10.2. The number of thioether (sulfide) groups is 1. The molecule has 1 aliphatic heterocycles. The SMILES string of the molecule is CCCNC(=O)CN=C1NC(C)CC(C)S1. The monoisotopic (exact) mass is 243 g/mol. The summed E-state index contributed by atoms with van der Waals surface area (Å²) in [6.07, 6.45) is 2.11. The number of hydrogen-bond acceptors (Lipinski definition) is 3. The molecule has 2 N–H and O–H groups in total. The first kappa shape index (κ1) is 13.4. The minimum absolute atomic E-state index is 0.00243. The van der Waals surface area contributed by atoms with Gasteiger partial charge < -0.3 is 10.6 Å². The van der Waals surface area contributed by atoms with Crippen LogP contribution >= 0.6 is 11.8 Å². The van der Waals surface area contributed by atoms with Crippen LogP contribution in [0.4, 0.5) is 0 Å². The summed E-state index contributed by atoms with van der Waals surface area (Å²) in [4.78, 5) is 15.6. The van der Waals surface area contributed by atoms with Gasteiger partial charge >= 0.3 is 0 Å². The number of amidine groups is 1. The number of nitrogens with zero attached hydrogens (tertiary/aromatic N) is 1. The molecule has 2 unspecified atom stereocenters. The molecule has 1 aliphatic rings. The van der Waals surface area contributed by atoms with Gasteiger partial charge in [0.15, 0.2) is 5.17 Å². The highest BCUT2D eigenvalue weighted by Crippen LogP contribution is 2.21. The van der Waals surface area contributed by atoms with Gasteiger partial charge in [-0.1, -0.05) is 25.6 Å². The molecule has 92 valence electrons. The molecule has 16 heavy (non-hydrogen) atoms. The number of carbonyl (C=O) groups excluding carboxylic acids is 1. The maximum absolute atomic E-state index is 11.4. The molecule has 0 aromatic heterocycles. The number of amides is 1. The predicted molar refractivity (Wildman–Crippen MR) is 69.9 cm³/mol. The molecule has 1 heterocycles. The van der Waals surface area contributed by atoms with Gasteiger partial charge in [-0.15, -0.1) is 0 Å². The predicted octanol–water partition coefficient (Wildman–Crippen LogP) is 1.37. The zero-order chi connectivity index (χ0) is 12.0. The first-order valence-electron chi connectivity index (χ1n) is 5.86. The Morgan fingerprint density at radius 3 is 3.00 bits per heavy atom. The Kier molecular flexibility index (Phi) is 5.66. The van der Waals surface area contributed by atoms with Crippen molar-refractivity contribution in [3.63, 3.8) is 0 Å². The Bertz CT molecular complexity index is 256. The summed E-state index contributed by atoms with van der Waals surface area (Å²) >= 11 is 1.71. The first-order chi connectivity index (χ1) is 7.61. The van der Waals surface area contributed by atoms with Crippen LogP contribution in [0.3, 0.4) is 0 Å². The van der Waals surface area contributed by atoms with E-state index in [0.29, 0.717) is 11.3 Å². The third-order valence-electron chi connectivity index (χ3n) is 2.31. The number of hydrogen-bond donors (Lipinski definition) is 2. The second-order valence-electron chi connectivity index (χ2n) is 4.18. The molecule has 1 saturated heterocycles. The Hall–Kier alpha value is -0.710. The topological polar surface area (TPSA) is 53.5 Å². The van der Waals surface area contributed by atoms with Crippen LogP contribution in [-0.4, -0.2) is 35.5 Å². The molecular formula is C11H21N3OS. The van der Waals surface area contributed by atoms with Crippen LogP contribution in [0.15, 0.2) is 4.99 Å². The van der Waals surface area contributed by atoms with Crippen molar-refractivity contribution in [2.45, 2.75) is 44.9 Å². The first-order valence-corrected chi connectivity index (χ1v) is 6.74. The highest BCUT2D eigenvalue weighted by molar-refractivity contribution is 8.14. The average molecular weight is 243 g/mol. The fourth-order valence-electron chi connectivity index (χ4n) is 1.59. The van der Waals surface area contributed by atoms with Gasteiger partial charge in [-0.25, -0.2) is 0 Å². The lowest BCUT2D eigenvalue weighted by molar-refractivity contribution is -0.119. The minimum atomic E-state index is 0.00243. The van der Waals surface area contributed by atoms with Crippen LogP contribution in [0.5, 0.6) is 0 Å². The summed E-state index contributed by atoms with van der Waals surface area (Å²) in [6, 6.07) is 0.453. The van der Waals surface area contributed by atoms with Gasteiger partial charge in [0, 0.05) is 17.8 Å². The van der Waals surface area contributed by atoms with Gasteiger partial charge in [0.1, 0.15) is 6.54 Å². The van der Waals surface area contributed by atoms with Crippen molar-refractivity contribution < 1.29 is 4.79 Å². The maximum Gasteiger partial charge on any atom is 0.241 e. The van der Waals surface area contributed by atoms with Crippen molar-refractivity contribution in [3.8, 4) is 0 Å². The fourth-order valence-corrected chi connectivity index (χ4v) is 2.76. The van der Waals surface area contributed by atoms with Crippen molar-refractivity contribution in [2.24, 2.45) is 4.99 Å². The van der Waals surface area contributed by atoms with Gasteiger partial charge in [0.25, 0.3) is 0 Å². The number of carbonyl (C=O) groups is 1. The molecule has 1 fully saturated rings. The molecule has 0 spiro atoms. The molecule has 0 aromatic rings. The van der Waals surface area contributed by atoms with E-state index in [2.05, 4.69) is 29.5 Å². The fraction of sp³-hybridized carbons (Fsp3) is 0.818.